The zero-order valence-electron chi connectivity index (χ0n) is 10.2. The van der Waals surface area contributed by atoms with Gasteiger partial charge in [-0.15, -0.1) is 12.4 Å². The van der Waals surface area contributed by atoms with Crippen molar-refractivity contribution in [1.82, 2.24) is 5.32 Å². The predicted molar refractivity (Wildman–Crippen MR) is 69.4 cm³/mol. The fourth-order valence-corrected chi connectivity index (χ4v) is 2.22. The van der Waals surface area contributed by atoms with E-state index in [-0.39, 0.29) is 30.2 Å². The maximum atomic E-state index is 12.8. The molecule has 0 aromatic heterocycles. The highest BCUT2D eigenvalue weighted by Gasteiger charge is 2.26. The molecule has 1 saturated heterocycles. The second-order valence-corrected chi connectivity index (χ2v) is 4.31. The third kappa shape index (κ3) is 3.43. The van der Waals surface area contributed by atoms with Gasteiger partial charge in [-0.25, -0.2) is 4.39 Å². The van der Waals surface area contributed by atoms with Gasteiger partial charge in [-0.2, -0.15) is 0 Å². The largest absolute Gasteiger partial charge is 0.468 e. The molecule has 3 nitrogen and oxygen atoms in total. The van der Waals surface area contributed by atoms with Crippen LogP contribution in [-0.2, 0) is 9.53 Å². The minimum atomic E-state index is -0.218. The number of esters is 1. The molecule has 0 amide bonds. The van der Waals surface area contributed by atoms with E-state index in [1.54, 1.807) is 12.1 Å². The van der Waals surface area contributed by atoms with Crippen molar-refractivity contribution < 1.29 is 13.9 Å². The molecule has 0 saturated carbocycles. The monoisotopic (exact) mass is 273 g/mol. The highest BCUT2D eigenvalue weighted by Crippen LogP contribution is 2.25. The molecule has 2 unspecified atom stereocenters. The van der Waals surface area contributed by atoms with Gasteiger partial charge in [0, 0.05) is 6.54 Å². The topological polar surface area (TPSA) is 38.3 Å². The molecule has 1 aromatic carbocycles. The first kappa shape index (κ1) is 14.9. The van der Waals surface area contributed by atoms with Crippen LogP contribution in [-0.4, -0.2) is 25.7 Å². The van der Waals surface area contributed by atoms with E-state index < -0.39 is 0 Å². The van der Waals surface area contributed by atoms with Crippen LogP contribution in [0.2, 0.25) is 0 Å². The Bertz CT molecular complexity index is 388. The first-order valence-corrected chi connectivity index (χ1v) is 5.77. The lowest BCUT2D eigenvalue weighted by molar-refractivity contribution is -0.143. The first-order valence-electron chi connectivity index (χ1n) is 5.77. The van der Waals surface area contributed by atoms with Crippen LogP contribution in [0.15, 0.2) is 24.3 Å². The molecule has 2 atom stereocenters. The van der Waals surface area contributed by atoms with Crippen LogP contribution in [0, 0.1) is 5.82 Å². The molecule has 0 bridgehead atoms. The van der Waals surface area contributed by atoms with Crippen molar-refractivity contribution in [2.45, 2.75) is 24.8 Å². The molecule has 5 heteroatoms. The molecule has 0 radical (unpaired) electrons. The molecule has 0 aliphatic carbocycles. The Morgan fingerprint density at radius 1 is 1.33 bits per heavy atom. The van der Waals surface area contributed by atoms with Crippen LogP contribution in [0.1, 0.15) is 24.3 Å². The van der Waals surface area contributed by atoms with E-state index in [4.69, 9.17) is 4.74 Å². The van der Waals surface area contributed by atoms with Gasteiger partial charge in [0.15, 0.2) is 0 Å². The number of piperidine rings is 1. The first-order chi connectivity index (χ1) is 8.20. The Morgan fingerprint density at radius 3 is 2.50 bits per heavy atom. The maximum absolute atomic E-state index is 12.8. The molecule has 1 heterocycles. The van der Waals surface area contributed by atoms with E-state index in [1.807, 2.05) is 0 Å². The maximum Gasteiger partial charge on any atom is 0.322 e. The van der Waals surface area contributed by atoms with E-state index in [0.29, 0.717) is 5.92 Å². The number of carbonyl (C=O) groups is 1. The van der Waals surface area contributed by atoms with Gasteiger partial charge in [-0.3, -0.25) is 4.79 Å². The van der Waals surface area contributed by atoms with E-state index in [1.165, 1.54) is 19.2 Å². The number of methoxy groups -OCH3 is 1. The summed E-state index contributed by atoms with van der Waals surface area (Å²) in [7, 11) is 1.40. The van der Waals surface area contributed by atoms with Crippen LogP contribution in [0.5, 0.6) is 0 Å². The summed E-state index contributed by atoms with van der Waals surface area (Å²) >= 11 is 0. The second kappa shape index (κ2) is 6.71. The lowest BCUT2D eigenvalue weighted by Gasteiger charge is -2.28. The Balaban J connectivity index is 0.00000162. The van der Waals surface area contributed by atoms with E-state index in [0.717, 1.165) is 24.9 Å². The van der Waals surface area contributed by atoms with Crippen LogP contribution < -0.4 is 5.32 Å². The summed E-state index contributed by atoms with van der Waals surface area (Å²) in [6.45, 7) is 0.728. The van der Waals surface area contributed by atoms with Gasteiger partial charge in [0.1, 0.15) is 11.9 Å². The molecule has 100 valence electrons. The number of halogens is 2. The number of benzene rings is 1. The standard InChI is InChI=1S/C13H16FNO2.ClH/c1-17-13(16)12-7-4-10(8-15-12)9-2-5-11(14)6-3-9;/h2-3,5-6,10,12,15H,4,7-8H2,1H3;1H. The van der Waals surface area contributed by atoms with Crippen LogP contribution >= 0.6 is 12.4 Å². The zero-order chi connectivity index (χ0) is 12.3. The molecule has 1 fully saturated rings. The van der Waals surface area contributed by atoms with Gasteiger partial charge >= 0.3 is 5.97 Å². The van der Waals surface area contributed by atoms with Crippen molar-refractivity contribution in [2.75, 3.05) is 13.7 Å². The van der Waals surface area contributed by atoms with Gasteiger partial charge in [-0.05, 0) is 36.5 Å². The number of hydrogen-bond acceptors (Lipinski definition) is 3. The number of ether oxygens (including phenoxy) is 1. The lowest BCUT2D eigenvalue weighted by atomic mass is 9.89. The average Bonchev–Trinajstić information content (AvgIpc) is 2.39. The van der Waals surface area contributed by atoms with Crippen LogP contribution in [0.3, 0.4) is 0 Å². The van der Waals surface area contributed by atoms with E-state index >= 15 is 0 Å². The summed E-state index contributed by atoms with van der Waals surface area (Å²) < 4.78 is 17.5. The lowest BCUT2D eigenvalue weighted by Crippen LogP contribution is -2.43. The molecule has 1 aromatic rings. The van der Waals surface area contributed by atoms with Gasteiger partial charge in [0.25, 0.3) is 0 Å². The zero-order valence-corrected chi connectivity index (χ0v) is 11.0. The minimum absolute atomic E-state index is 0. The van der Waals surface area contributed by atoms with Gasteiger partial charge in [-0.1, -0.05) is 12.1 Å². The molecule has 2 rings (SSSR count). The fourth-order valence-electron chi connectivity index (χ4n) is 2.22. The predicted octanol–water partition coefficient (Wildman–Crippen LogP) is 2.26. The second-order valence-electron chi connectivity index (χ2n) is 4.31. The molecular weight excluding hydrogens is 257 g/mol. The summed E-state index contributed by atoms with van der Waals surface area (Å²) in [5.41, 5.74) is 1.11. The Kier molecular flexibility index (Phi) is 5.56. The number of hydrogen-bond donors (Lipinski definition) is 1. The smallest absolute Gasteiger partial charge is 0.322 e. The highest BCUT2D eigenvalue weighted by molar-refractivity contribution is 5.85. The van der Waals surface area contributed by atoms with Crippen LogP contribution in [0.25, 0.3) is 0 Å². The highest BCUT2D eigenvalue weighted by atomic mass is 35.5. The van der Waals surface area contributed by atoms with Gasteiger partial charge < -0.3 is 10.1 Å². The van der Waals surface area contributed by atoms with Crippen molar-refractivity contribution in [3.8, 4) is 0 Å². The number of rotatable bonds is 2. The molecule has 1 N–H and O–H groups in total. The third-order valence-corrected chi connectivity index (χ3v) is 3.24. The number of nitrogens with one attached hydrogen (secondary N) is 1. The van der Waals surface area contributed by atoms with Crippen molar-refractivity contribution in [2.24, 2.45) is 0 Å². The normalized spacial score (nSPS) is 23.0. The average molecular weight is 274 g/mol. The summed E-state index contributed by atoms with van der Waals surface area (Å²) in [5.74, 6) is -0.0796. The summed E-state index contributed by atoms with van der Waals surface area (Å²) in [4.78, 5) is 11.3. The van der Waals surface area contributed by atoms with Crippen molar-refractivity contribution in [1.29, 1.82) is 0 Å². The van der Waals surface area contributed by atoms with Crippen molar-refractivity contribution in [3.05, 3.63) is 35.6 Å². The molecule has 0 spiro atoms. The third-order valence-electron chi connectivity index (χ3n) is 3.24. The Labute approximate surface area is 112 Å². The van der Waals surface area contributed by atoms with Gasteiger partial charge in [0.2, 0.25) is 0 Å². The van der Waals surface area contributed by atoms with Crippen LogP contribution in [0.4, 0.5) is 4.39 Å². The summed E-state index contributed by atoms with van der Waals surface area (Å²) in [5, 5.41) is 3.16. The molecule has 18 heavy (non-hydrogen) atoms. The van der Waals surface area contributed by atoms with Crippen molar-refractivity contribution >= 4 is 18.4 Å². The fraction of sp³-hybridized carbons (Fsp3) is 0.462. The molecule has 1 aliphatic heterocycles. The molecule has 1 aliphatic rings. The van der Waals surface area contributed by atoms with Crippen molar-refractivity contribution in [3.63, 3.8) is 0 Å². The Morgan fingerprint density at radius 2 is 2.00 bits per heavy atom. The quantitative estimate of drug-likeness (QED) is 0.840. The number of carbonyl (C=O) groups excluding carboxylic acids is 1. The van der Waals surface area contributed by atoms with Gasteiger partial charge in [0.05, 0.1) is 7.11 Å². The Hall–Kier alpha value is -1.13. The summed E-state index contributed by atoms with van der Waals surface area (Å²) in [6, 6.07) is 6.36. The minimum Gasteiger partial charge on any atom is -0.468 e. The SMILES string of the molecule is COC(=O)C1CCC(c2ccc(F)cc2)CN1.Cl. The van der Waals surface area contributed by atoms with E-state index in [2.05, 4.69) is 5.32 Å². The summed E-state index contributed by atoms with van der Waals surface area (Å²) in [6.07, 6.45) is 1.67. The molecular formula is C13H17ClFNO2. The van der Waals surface area contributed by atoms with E-state index in [9.17, 15) is 9.18 Å².